The summed E-state index contributed by atoms with van der Waals surface area (Å²) in [7, 11) is -2.00. The van der Waals surface area contributed by atoms with Crippen molar-refractivity contribution < 1.29 is 13.2 Å². The molecule has 0 radical (unpaired) electrons. The molecule has 0 aromatic heterocycles. The van der Waals surface area contributed by atoms with Gasteiger partial charge in [0.05, 0.1) is 4.90 Å². The van der Waals surface area contributed by atoms with Crippen LogP contribution in [0.15, 0.2) is 29.2 Å². The van der Waals surface area contributed by atoms with Gasteiger partial charge in [-0.2, -0.15) is 4.31 Å². The molecule has 2 atom stereocenters. The number of piperidine rings is 1. The van der Waals surface area contributed by atoms with Crippen LogP contribution in [0.1, 0.15) is 30.1 Å². The van der Waals surface area contributed by atoms with Crippen LogP contribution in [0, 0.1) is 0 Å². The lowest BCUT2D eigenvalue weighted by Crippen LogP contribution is -2.48. The van der Waals surface area contributed by atoms with Crippen LogP contribution in [0.3, 0.4) is 0 Å². The summed E-state index contributed by atoms with van der Waals surface area (Å²) in [5, 5.41) is 2.50. The second-order valence-electron chi connectivity index (χ2n) is 5.35. The van der Waals surface area contributed by atoms with E-state index in [2.05, 4.69) is 5.32 Å². The van der Waals surface area contributed by atoms with Crippen molar-refractivity contribution in [3.8, 4) is 0 Å². The molecular formula is C14H21N3O3S. The van der Waals surface area contributed by atoms with Crippen LogP contribution < -0.4 is 11.1 Å². The van der Waals surface area contributed by atoms with Gasteiger partial charge in [-0.15, -0.1) is 0 Å². The molecule has 116 valence electrons. The highest BCUT2D eigenvalue weighted by molar-refractivity contribution is 7.89. The molecule has 7 heteroatoms. The summed E-state index contributed by atoms with van der Waals surface area (Å²) < 4.78 is 26.8. The highest BCUT2D eigenvalue weighted by atomic mass is 32.2. The molecule has 1 aliphatic rings. The summed E-state index contributed by atoms with van der Waals surface area (Å²) in [6, 6.07) is 5.93. The predicted molar refractivity (Wildman–Crippen MR) is 80.4 cm³/mol. The molecule has 21 heavy (non-hydrogen) atoms. The van der Waals surface area contributed by atoms with E-state index < -0.39 is 10.0 Å². The third-order valence-electron chi connectivity index (χ3n) is 3.81. The molecule has 2 rings (SSSR count). The monoisotopic (exact) mass is 311 g/mol. The Hall–Kier alpha value is -1.44. The number of nitrogens with zero attached hydrogens (tertiary/aromatic N) is 1. The molecule has 1 heterocycles. The molecule has 1 fully saturated rings. The number of nitrogens with one attached hydrogen (secondary N) is 1. The fourth-order valence-corrected chi connectivity index (χ4v) is 4.26. The lowest BCUT2D eigenvalue weighted by Gasteiger charge is -2.35. The van der Waals surface area contributed by atoms with Crippen molar-refractivity contribution in [2.45, 2.75) is 36.7 Å². The van der Waals surface area contributed by atoms with Crippen molar-refractivity contribution in [1.29, 1.82) is 0 Å². The number of carbonyl (C=O) groups excluding carboxylic acids is 1. The van der Waals surface area contributed by atoms with Crippen molar-refractivity contribution in [3.05, 3.63) is 29.8 Å². The largest absolute Gasteiger partial charge is 0.355 e. The smallest absolute Gasteiger partial charge is 0.251 e. The molecule has 1 aromatic rings. The number of carbonyl (C=O) groups is 1. The average molecular weight is 311 g/mol. The van der Waals surface area contributed by atoms with Crippen LogP contribution in [-0.4, -0.2) is 44.3 Å². The van der Waals surface area contributed by atoms with Crippen molar-refractivity contribution in [2.24, 2.45) is 5.73 Å². The van der Waals surface area contributed by atoms with E-state index in [1.54, 1.807) is 0 Å². The molecule has 6 nitrogen and oxygen atoms in total. The van der Waals surface area contributed by atoms with Gasteiger partial charge in [-0.05, 0) is 44.0 Å². The molecule has 1 amide bonds. The Morgan fingerprint density at radius 2 is 1.95 bits per heavy atom. The quantitative estimate of drug-likeness (QED) is 0.852. The van der Waals surface area contributed by atoms with Gasteiger partial charge in [0.15, 0.2) is 0 Å². The van der Waals surface area contributed by atoms with Crippen LogP contribution in [0.5, 0.6) is 0 Å². The maximum absolute atomic E-state index is 12.6. The third-order valence-corrected chi connectivity index (χ3v) is 5.83. The van der Waals surface area contributed by atoms with Crippen molar-refractivity contribution in [1.82, 2.24) is 9.62 Å². The summed E-state index contributed by atoms with van der Waals surface area (Å²) in [5.41, 5.74) is 6.31. The second kappa shape index (κ2) is 6.13. The lowest BCUT2D eigenvalue weighted by molar-refractivity contribution is 0.0963. The minimum Gasteiger partial charge on any atom is -0.355 e. The van der Waals surface area contributed by atoms with Crippen molar-refractivity contribution in [3.63, 3.8) is 0 Å². The van der Waals surface area contributed by atoms with E-state index in [1.165, 1.54) is 35.6 Å². The van der Waals surface area contributed by atoms with Crippen LogP contribution in [0.25, 0.3) is 0 Å². The number of nitrogens with two attached hydrogens (primary N) is 1. The first-order valence-corrected chi connectivity index (χ1v) is 8.40. The average Bonchev–Trinajstić information content (AvgIpc) is 2.46. The Labute approximate surface area is 125 Å². The van der Waals surface area contributed by atoms with Gasteiger partial charge in [0.2, 0.25) is 10.0 Å². The van der Waals surface area contributed by atoms with Gasteiger partial charge in [-0.25, -0.2) is 8.42 Å². The Morgan fingerprint density at radius 3 is 2.48 bits per heavy atom. The molecule has 1 aromatic carbocycles. The Morgan fingerprint density at radius 1 is 1.33 bits per heavy atom. The van der Waals surface area contributed by atoms with E-state index in [4.69, 9.17) is 5.73 Å². The fraction of sp³-hybridized carbons (Fsp3) is 0.500. The Kier molecular flexibility index (Phi) is 4.65. The number of hydrogen-bond acceptors (Lipinski definition) is 4. The first kappa shape index (κ1) is 15.9. The Bertz CT molecular complexity index is 613. The zero-order valence-corrected chi connectivity index (χ0v) is 13.1. The van der Waals surface area contributed by atoms with E-state index in [-0.39, 0.29) is 22.9 Å². The van der Waals surface area contributed by atoms with Gasteiger partial charge in [0, 0.05) is 31.2 Å². The van der Waals surface area contributed by atoms with Gasteiger partial charge < -0.3 is 11.1 Å². The predicted octanol–water partition coefficient (Wildman–Crippen LogP) is 0.547. The number of rotatable bonds is 3. The topological polar surface area (TPSA) is 92.5 Å². The van der Waals surface area contributed by atoms with E-state index in [1.807, 2.05) is 6.92 Å². The second-order valence-corrected chi connectivity index (χ2v) is 7.24. The molecule has 0 aliphatic carbocycles. The normalized spacial score (nSPS) is 23.8. The molecule has 1 aliphatic heterocycles. The van der Waals surface area contributed by atoms with Gasteiger partial charge in [0.1, 0.15) is 0 Å². The minimum absolute atomic E-state index is 0.0575. The van der Waals surface area contributed by atoms with Gasteiger partial charge in [0.25, 0.3) is 5.91 Å². The SMILES string of the molecule is CNC(=O)c1ccc(S(=O)(=O)N2CCC(N)CC2C)cc1. The fourth-order valence-electron chi connectivity index (χ4n) is 2.60. The van der Waals surface area contributed by atoms with Gasteiger partial charge in [-0.3, -0.25) is 4.79 Å². The summed E-state index contributed by atoms with van der Waals surface area (Å²) in [4.78, 5) is 11.7. The highest BCUT2D eigenvalue weighted by Gasteiger charge is 2.33. The minimum atomic E-state index is -3.54. The van der Waals surface area contributed by atoms with Crippen LogP contribution in [-0.2, 0) is 10.0 Å². The maximum Gasteiger partial charge on any atom is 0.251 e. The summed E-state index contributed by atoms with van der Waals surface area (Å²) in [5.74, 6) is -0.240. The third kappa shape index (κ3) is 3.25. The molecule has 0 spiro atoms. The Balaban J connectivity index is 2.25. The zero-order chi connectivity index (χ0) is 15.6. The van der Waals surface area contributed by atoms with Crippen molar-refractivity contribution >= 4 is 15.9 Å². The molecule has 0 saturated carbocycles. The van der Waals surface area contributed by atoms with E-state index in [9.17, 15) is 13.2 Å². The van der Waals surface area contributed by atoms with Gasteiger partial charge in [-0.1, -0.05) is 0 Å². The standard InChI is InChI=1S/C14H21N3O3S/c1-10-9-12(15)7-8-17(10)21(19,20)13-5-3-11(4-6-13)14(18)16-2/h3-6,10,12H,7-9,15H2,1-2H3,(H,16,18). The van der Waals surface area contributed by atoms with Crippen LogP contribution >= 0.6 is 0 Å². The summed E-state index contributed by atoms with van der Waals surface area (Å²) in [6.07, 6.45) is 1.33. The molecular weight excluding hydrogens is 290 g/mol. The molecule has 2 unspecified atom stereocenters. The van der Waals surface area contributed by atoms with E-state index in [0.29, 0.717) is 24.9 Å². The van der Waals surface area contributed by atoms with Crippen LogP contribution in [0.4, 0.5) is 0 Å². The highest BCUT2D eigenvalue weighted by Crippen LogP contribution is 2.24. The number of amides is 1. The zero-order valence-electron chi connectivity index (χ0n) is 12.2. The van der Waals surface area contributed by atoms with Crippen molar-refractivity contribution in [2.75, 3.05) is 13.6 Å². The first-order valence-electron chi connectivity index (χ1n) is 6.96. The number of sulfonamides is 1. The molecule has 3 N–H and O–H groups in total. The summed E-state index contributed by atoms with van der Waals surface area (Å²) in [6.45, 7) is 2.30. The van der Waals surface area contributed by atoms with Crippen LogP contribution in [0.2, 0.25) is 0 Å². The number of hydrogen-bond donors (Lipinski definition) is 2. The molecule has 1 saturated heterocycles. The van der Waals surface area contributed by atoms with E-state index >= 15 is 0 Å². The molecule has 0 bridgehead atoms. The van der Waals surface area contributed by atoms with E-state index in [0.717, 1.165) is 0 Å². The summed E-state index contributed by atoms with van der Waals surface area (Å²) >= 11 is 0. The maximum atomic E-state index is 12.6. The first-order chi connectivity index (χ1) is 9.86. The lowest BCUT2D eigenvalue weighted by atomic mass is 10.0. The van der Waals surface area contributed by atoms with Gasteiger partial charge >= 0.3 is 0 Å². The number of benzene rings is 1.